The van der Waals surface area contributed by atoms with Crippen LogP contribution in [0.15, 0.2) is 87.9 Å². The van der Waals surface area contributed by atoms with E-state index in [1.54, 1.807) is 35.3 Å². The van der Waals surface area contributed by atoms with Gasteiger partial charge in [0.25, 0.3) is 5.91 Å². The Kier molecular flexibility index (Phi) is 5.94. The lowest BCUT2D eigenvalue weighted by Gasteiger charge is -2.29. The van der Waals surface area contributed by atoms with Gasteiger partial charge in [0.1, 0.15) is 11.6 Å². The molecule has 33 heavy (non-hydrogen) atoms. The zero-order chi connectivity index (χ0) is 22.9. The van der Waals surface area contributed by atoms with E-state index in [4.69, 9.17) is 5.10 Å². The molecule has 2 atom stereocenters. The number of rotatable bonds is 3. The monoisotopic (exact) mass is 506 g/mol. The molecule has 1 saturated carbocycles. The van der Waals surface area contributed by atoms with Gasteiger partial charge in [-0.1, -0.05) is 36.4 Å². The molecule has 1 aliphatic carbocycles. The first kappa shape index (κ1) is 21.7. The van der Waals surface area contributed by atoms with E-state index in [-0.39, 0.29) is 29.5 Å². The van der Waals surface area contributed by atoms with Crippen molar-refractivity contribution >= 4 is 33.6 Å². The minimum Gasteiger partial charge on any atom is -0.267 e. The Bertz CT molecular complexity index is 1250. The Morgan fingerprint density at radius 2 is 1.64 bits per heavy atom. The van der Waals surface area contributed by atoms with E-state index in [0.29, 0.717) is 10.0 Å². The summed E-state index contributed by atoms with van der Waals surface area (Å²) in [6.07, 6.45) is 4.69. The van der Waals surface area contributed by atoms with Gasteiger partial charge in [0.05, 0.1) is 17.3 Å². The maximum absolute atomic E-state index is 13.7. The van der Waals surface area contributed by atoms with Crippen LogP contribution < -0.4 is 0 Å². The van der Waals surface area contributed by atoms with Gasteiger partial charge in [-0.2, -0.15) is 5.10 Å². The molecule has 3 aromatic carbocycles. The fourth-order valence-electron chi connectivity index (χ4n) is 4.68. The standard InChI is InChI=1S/C27H21BrF2N2O/c28-24-7-2-1-5-22(24)27(33)32-26(18-10-14-21(30)15-11-18)23-6-3-4-19(25(23)31-32)16-17-8-12-20(29)13-9-17/h1-2,5,7-16,23,26H,3-4,6H2. The van der Waals surface area contributed by atoms with Crippen LogP contribution in [0.1, 0.15) is 46.8 Å². The Morgan fingerprint density at radius 1 is 0.970 bits per heavy atom. The Hall–Kier alpha value is -3.12. The molecule has 1 fully saturated rings. The van der Waals surface area contributed by atoms with Crippen LogP contribution in [0.2, 0.25) is 0 Å². The summed E-state index contributed by atoms with van der Waals surface area (Å²) in [6.45, 7) is 0. The first-order valence-electron chi connectivity index (χ1n) is 10.9. The van der Waals surface area contributed by atoms with Crippen molar-refractivity contribution in [3.8, 4) is 0 Å². The molecule has 1 heterocycles. The Morgan fingerprint density at radius 3 is 2.33 bits per heavy atom. The first-order chi connectivity index (χ1) is 16.0. The van der Waals surface area contributed by atoms with Crippen LogP contribution in [-0.2, 0) is 0 Å². The summed E-state index contributed by atoms with van der Waals surface area (Å²) >= 11 is 3.48. The molecular weight excluding hydrogens is 486 g/mol. The average molecular weight is 507 g/mol. The zero-order valence-electron chi connectivity index (χ0n) is 17.7. The molecule has 1 aliphatic heterocycles. The number of benzene rings is 3. The average Bonchev–Trinajstić information content (AvgIpc) is 3.22. The van der Waals surface area contributed by atoms with Gasteiger partial charge < -0.3 is 0 Å². The predicted molar refractivity (Wildman–Crippen MR) is 129 cm³/mol. The van der Waals surface area contributed by atoms with E-state index < -0.39 is 0 Å². The molecule has 5 rings (SSSR count). The topological polar surface area (TPSA) is 32.7 Å². The maximum atomic E-state index is 13.7. The SMILES string of the molecule is O=C(c1ccccc1Br)N1N=C2C(=Cc3ccc(F)cc3)CCCC2C1c1ccc(F)cc1. The highest BCUT2D eigenvalue weighted by molar-refractivity contribution is 9.10. The van der Waals surface area contributed by atoms with Crippen LogP contribution in [0.3, 0.4) is 0 Å². The number of hydrazone groups is 1. The van der Waals surface area contributed by atoms with Gasteiger partial charge in [-0.05, 0) is 94.4 Å². The minimum atomic E-state index is -0.322. The van der Waals surface area contributed by atoms with Crippen molar-refractivity contribution in [2.75, 3.05) is 0 Å². The third-order valence-corrected chi connectivity index (χ3v) is 6.93. The van der Waals surface area contributed by atoms with E-state index in [1.165, 1.54) is 24.3 Å². The number of amides is 1. The normalized spacial score (nSPS) is 21.1. The van der Waals surface area contributed by atoms with Gasteiger partial charge in [-0.25, -0.2) is 13.8 Å². The first-order valence-corrected chi connectivity index (χ1v) is 11.7. The molecule has 6 heteroatoms. The molecule has 1 amide bonds. The third-order valence-electron chi connectivity index (χ3n) is 6.24. The van der Waals surface area contributed by atoms with E-state index in [0.717, 1.165) is 41.7 Å². The van der Waals surface area contributed by atoms with E-state index in [2.05, 4.69) is 15.9 Å². The molecule has 0 N–H and O–H groups in total. The molecule has 2 aliphatic rings. The van der Waals surface area contributed by atoms with Crippen LogP contribution in [-0.4, -0.2) is 16.6 Å². The van der Waals surface area contributed by atoms with Crippen molar-refractivity contribution in [3.63, 3.8) is 0 Å². The van der Waals surface area contributed by atoms with E-state index >= 15 is 0 Å². The molecule has 3 nitrogen and oxygen atoms in total. The molecule has 166 valence electrons. The maximum Gasteiger partial charge on any atom is 0.275 e. The van der Waals surface area contributed by atoms with Gasteiger partial charge in [0.15, 0.2) is 0 Å². The smallest absolute Gasteiger partial charge is 0.267 e. The molecule has 0 aromatic heterocycles. The van der Waals surface area contributed by atoms with Crippen LogP contribution in [0.25, 0.3) is 6.08 Å². The van der Waals surface area contributed by atoms with Crippen LogP contribution >= 0.6 is 15.9 Å². The summed E-state index contributed by atoms with van der Waals surface area (Å²) in [4.78, 5) is 13.6. The number of carbonyl (C=O) groups excluding carboxylic acids is 1. The number of nitrogens with zero attached hydrogens (tertiary/aromatic N) is 2. The predicted octanol–water partition coefficient (Wildman–Crippen LogP) is 7.16. The van der Waals surface area contributed by atoms with E-state index in [1.807, 2.05) is 24.3 Å². The van der Waals surface area contributed by atoms with Crippen molar-refractivity contribution in [2.45, 2.75) is 25.3 Å². The van der Waals surface area contributed by atoms with Crippen LogP contribution in [0.5, 0.6) is 0 Å². The lowest BCUT2D eigenvalue weighted by Crippen LogP contribution is -2.32. The molecule has 0 radical (unpaired) electrons. The van der Waals surface area contributed by atoms with E-state index in [9.17, 15) is 13.6 Å². The minimum absolute atomic E-state index is 0.00217. The Labute approximate surface area is 199 Å². The van der Waals surface area contributed by atoms with Crippen molar-refractivity contribution in [1.82, 2.24) is 5.01 Å². The van der Waals surface area contributed by atoms with Gasteiger partial charge in [-0.3, -0.25) is 4.79 Å². The zero-order valence-corrected chi connectivity index (χ0v) is 19.3. The molecular formula is C27H21BrF2N2O. The highest BCUT2D eigenvalue weighted by atomic mass is 79.9. The summed E-state index contributed by atoms with van der Waals surface area (Å²) in [6, 6.07) is 19.6. The largest absolute Gasteiger partial charge is 0.275 e. The van der Waals surface area contributed by atoms with Crippen molar-refractivity contribution in [3.05, 3.63) is 111 Å². The summed E-state index contributed by atoms with van der Waals surface area (Å²) in [5.74, 6) is -0.803. The highest BCUT2D eigenvalue weighted by Gasteiger charge is 2.44. The number of hydrogen-bond acceptors (Lipinski definition) is 2. The second-order valence-electron chi connectivity index (χ2n) is 8.33. The van der Waals surface area contributed by atoms with Crippen molar-refractivity contribution in [2.24, 2.45) is 11.0 Å². The van der Waals surface area contributed by atoms with Gasteiger partial charge in [0.2, 0.25) is 0 Å². The lowest BCUT2D eigenvalue weighted by atomic mass is 9.77. The van der Waals surface area contributed by atoms with Crippen molar-refractivity contribution < 1.29 is 13.6 Å². The van der Waals surface area contributed by atoms with Gasteiger partial charge >= 0.3 is 0 Å². The summed E-state index contributed by atoms with van der Waals surface area (Å²) in [5.41, 5.74) is 4.19. The molecule has 0 spiro atoms. The number of carbonyl (C=O) groups is 1. The number of hydrogen-bond donors (Lipinski definition) is 0. The molecule has 3 aromatic rings. The number of allylic oxidation sites excluding steroid dienone is 1. The lowest BCUT2D eigenvalue weighted by molar-refractivity contribution is 0.0680. The van der Waals surface area contributed by atoms with Crippen LogP contribution in [0.4, 0.5) is 8.78 Å². The highest BCUT2D eigenvalue weighted by Crippen LogP contribution is 2.45. The van der Waals surface area contributed by atoms with Gasteiger partial charge in [-0.15, -0.1) is 0 Å². The second kappa shape index (κ2) is 9.02. The van der Waals surface area contributed by atoms with Crippen LogP contribution in [0, 0.1) is 17.6 Å². The molecule has 0 bridgehead atoms. The summed E-state index contributed by atoms with van der Waals surface area (Å²) in [7, 11) is 0. The quantitative estimate of drug-likeness (QED) is 0.370. The second-order valence-corrected chi connectivity index (χ2v) is 9.19. The van der Waals surface area contributed by atoms with Crippen molar-refractivity contribution in [1.29, 1.82) is 0 Å². The van der Waals surface area contributed by atoms with Gasteiger partial charge in [0, 0.05) is 10.4 Å². The molecule has 0 saturated heterocycles. The third kappa shape index (κ3) is 4.27. The summed E-state index contributed by atoms with van der Waals surface area (Å²) < 4.78 is 27.7. The molecule has 2 unspecified atom stereocenters. The number of halogens is 3. The Balaban J connectivity index is 1.59. The fourth-order valence-corrected chi connectivity index (χ4v) is 5.13. The summed E-state index contributed by atoms with van der Waals surface area (Å²) in [5, 5.41) is 6.40. The number of fused-ring (bicyclic) bond motifs is 1. The fraction of sp³-hybridized carbons (Fsp3) is 0.185.